The molecule has 16 heavy (non-hydrogen) atoms. The first-order chi connectivity index (χ1) is 7.58. The van der Waals surface area contributed by atoms with Crippen LogP contribution in [0.3, 0.4) is 0 Å². The highest BCUT2D eigenvalue weighted by Crippen LogP contribution is 2.22. The molecule has 1 N–H and O–H groups in total. The van der Waals surface area contributed by atoms with Crippen molar-refractivity contribution in [1.29, 1.82) is 0 Å². The molecule has 90 valence electrons. The van der Waals surface area contributed by atoms with Crippen molar-refractivity contribution in [2.24, 2.45) is 5.92 Å². The highest BCUT2D eigenvalue weighted by molar-refractivity contribution is 5.94. The van der Waals surface area contributed by atoms with Crippen LogP contribution in [0.2, 0.25) is 0 Å². The first kappa shape index (κ1) is 11.4. The summed E-state index contributed by atoms with van der Waals surface area (Å²) in [4.78, 5) is 27.2. The molecular formula is C11H19N3O2. The number of nitrogens with zero attached hydrogens (tertiary/aromatic N) is 2. The molecule has 5 heteroatoms. The monoisotopic (exact) mass is 225 g/mol. The lowest BCUT2D eigenvalue weighted by atomic mass is 9.88. The van der Waals surface area contributed by atoms with Crippen molar-refractivity contribution < 1.29 is 9.59 Å². The molecule has 0 saturated carbocycles. The van der Waals surface area contributed by atoms with E-state index in [-0.39, 0.29) is 24.4 Å². The third-order valence-electron chi connectivity index (χ3n) is 3.57. The summed E-state index contributed by atoms with van der Waals surface area (Å²) in [6.07, 6.45) is 1.97. The molecule has 0 radical (unpaired) electrons. The van der Waals surface area contributed by atoms with E-state index in [0.717, 1.165) is 25.9 Å². The molecule has 0 aromatic rings. The molecule has 2 aliphatic heterocycles. The summed E-state index contributed by atoms with van der Waals surface area (Å²) in [6.45, 7) is 2.21. The van der Waals surface area contributed by atoms with Crippen LogP contribution in [0, 0.1) is 5.92 Å². The Morgan fingerprint density at radius 3 is 2.44 bits per heavy atom. The molecule has 0 spiro atoms. The van der Waals surface area contributed by atoms with Gasteiger partial charge in [-0.15, -0.1) is 0 Å². The lowest BCUT2D eigenvalue weighted by molar-refractivity contribution is -0.144. The lowest BCUT2D eigenvalue weighted by Crippen LogP contribution is -2.60. The number of hydrogen-bond donors (Lipinski definition) is 1. The zero-order valence-corrected chi connectivity index (χ0v) is 9.90. The van der Waals surface area contributed by atoms with Gasteiger partial charge in [-0.2, -0.15) is 0 Å². The second-order valence-corrected chi connectivity index (χ2v) is 4.88. The predicted molar refractivity (Wildman–Crippen MR) is 59.8 cm³/mol. The number of hydrogen-bond acceptors (Lipinski definition) is 3. The second kappa shape index (κ2) is 4.41. The summed E-state index contributed by atoms with van der Waals surface area (Å²) >= 11 is 0. The van der Waals surface area contributed by atoms with Crippen LogP contribution in [0.5, 0.6) is 0 Å². The van der Waals surface area contributed by atoms with E-state index < -0.39 is 0 Å². The van der Waals surface area contributed by atoms with E-state index >= 15 is 0 Å². The topological polar surface area (TPSA) is 52.7 Å². The molecule has 0 aromatic heterocycles. The average molecular weight is 225 g/mol. The number of piperidine rings is 1. The van der Waals surface area contributed by atoms with Gasteiger partial charge in [-0.3, -0.25) is 9.59 Å². The zero-order chi connectivity index (χ0) is 11.7. The van der Waals surface area contributed by atoms with Crippen molar-refractivity contribution in [3.05, 3.63) is 0 Å². The van der Waals surface area contributed by atoms with E-state index in [0.29, 0.717) is 5.92 Å². The van der Waals surface area contributed by atoms with Gasteiger partial charge < -0.3 is 15.1 Å². The normalized spacial score (nSPS) is 29.4. The second-order valence-electron chi connectivity index (χ2n) is 4.88. The summed E-state index contributed by atoms with van der Waals surface area (Å²) in [5, 5.41) is 2.83. The van der Waals surface area contributed by atoms with Gasteiger partial charge in [0.25, 0.3) is 0 Å². The van der Waals surface area contributed by atoms with Crippen LogP contribution in [-0.2, 0) is 9.59 Å². The van der Waals surface area contributed by atoms with Crippen molar-refractivity contribution in [1.82, 2.24) is 15.1 Å². The Bertz CT molecular complexity index is 298. The Morgan fingerprint density at radius 1 is 1.19 bits per heavy atom. The number of rotatable bonds is 1. The van der Waals surface area contributed by atoms with Crippen LogP contribution >= 0.6 is 0 Å². The third-order valence-corrected chi connectivity index (χ3v) is 3.57. The molecule has 0 aromatic carbocycles. The third kappa shape index (κ3) is 2.19. The Kier molecular flexibility index (Phi) is 3.14. The molecule has 2 amide bonds. The molecule has 2 saturated heterocycles. The van der Waals surface area contributed by atoms with Crippen molar-refractivity contribution in [3.63, 3.8) is 0 Å². The van der Waals surface area contributed by atoms with Gasteiger partial charge in [0, 0.05) is 7.05 Å². The smallest absolute Gasteiger partial charge is 0.245 e. The van der Waals surface area contributed by atoms with Crippen LogP contribution in [0.15, 0.2) is 0 Å². The summed E-state index contributed by atoms with van der Waals surface area (Å²) < 4.78 is 0. The van der Waals surface area contributed by atoms with Crippen molar-refractivity contribution in [3.8, 4) is 0 Å². The number of carbonyl (C=O) groups is 2. The van der Waals surface area contributed by atoms with Crippen molar-refractivity contribution in [2.45, 2.75) is 18.9 Å². The van der Waals surface area contributed by atoms with Crippen LogP contribution in [0.25, 0.3) is 0 Å². The molecule has 1 unspecified atom stereocenters. The van der Waals surface area contributed by atoms with Gasteiger partial charge in [0.2, 0.25) is 11.8 Å². The summed E-state index contributed by atoms with van der Waals surface area (Å²) in [7, 11) is 3.78. The number of nitrogens with one attached hydrogen (secondary N) is 1. The molecule has 2 rings (SSSR count). The van der Waals surface area contributed by atoms with Gasteiger partial charge in [0.15, 0.2) is 0 Å². The fraction of sp³-hybridized carbons (Fsp3) is 0.818. The molecule has 2 fully saturated rings. The largest absolute Gasteiger partial charge is 0.342 e. The molecule has 1 atom stereocenters. The predicted octanol–water partition coefficient (Wildman–Crippen LogP) is -0.715. The fourth-order valence-corrected chi connectivity index (χ4v) is 2.49. The van der Waals surface area contributed by atoms with Gasteiger partial charge in [-0.1, -0.05) is 0 Å². The maximum atomic E-state index is 11.9. The van der Waals surface area contributed by atoms with Crippen LogP contribution in [0.4, 0.5) is 0 Å². The Hall–Kier alpha value is -1.10. The first-order valence-corrected chi connectivity index (χ1v) is 5.81. The fourth-order valence-electron chi connectivity index (χ4n) is 2.49. The maximum Gasteiger partial charge on any atom is 0.245 e. The Balaban J connectivity index is 2.02. The minimum Gasteiger partial charge on any atom is -0.342 e. The molecule has 5 nitrogen and oxygen atoms in total. The summed E-state index contributed by atoms with van der Waals surface area (Å²) in [5.74, 6) is 0.329. The van der Waals surface area contributed by atoms with E-state index in [9.17, 15) is 9.59 Å². The van der Waals surface area contributed by atoms with Gasteiger partial charge >= 0.3 is 0 Å². The quantitative estimate of drug-likeness (QED) is 0.641. The van der Waals surface area contributed by atoms with E-state index in [1.807, 2.05) is 0 Å². The van der Waals surface area contributed by atoms with Gasteiger partial charge in [-0.05, 0) is 38.9 Å². The molecule has 0 bridgehead atoms. The number of amides is 2. The minimum atomic E-state index is -0.292. The van der Waals surface area contributed by atoms with Gasteiger partial charge in [-0.25, -0.2) is 0 Å². The maximum absolute atomic E-state index is 11.9. The Morgan fingerprint density at radius 2 is 1.81 bits per heavy atom. The first-order valence-electron chi connectivity index (χ1n) is 5.81. The summed E-state index contributed by atoms with van der Waals surface area (Å²) in [6, 6.07) is -0.292. The number of likely N-dealkylation sites (N-methyl/N-ethyl adjacent to an activating group) is 1. The van der Waals surface area contributed by atoms with Gasteiger partial charge in [0.05, 0.1) is 6.54 Å². The van der Waals surface area contributed by atoms with Crippen molar-refractivity contribution >= 4 is 11.8 Å². The van der Waals surface area contributed by atoms with E-state index in [1.54, 1.807) is 7.05 Å². The number of piperazine rings is 1. The van der Waals surface area contributed by atoms with Crippen molar-refractivity contribution in [2.75, 3.05) is 33.7 Å². The molecule has 0 aliphatic carbocycles. The number of carbonyl (C=O) groups excluding carboxylic acids is 2. The molecular weight excluding hydrogens is 206 g/mol. The molecule has 2 heterocycles. The van der Waals surface area contributed by atoms with Crippen LogP contribution in [-0.4, -0.2) is 61.4 Å². The molecule has 2 aliphatic rings. The van der Waals surface area contributed by atoms with E-state index in [1.165, 1.54) is 4.90 Å². The Labute approximate surface area is 95.8 Å². The highest BCUT2D eigenvalue weighted by Gasteiger charge is 2.37. The van der Waals surface area contributed by atoms with E-state index in [2.05, 4.69) is 17.3 Å². The van der Waals surface area contributed by atoms with Crippen LogP contribution in [0.1, 0.15) is 12.8 Å². The van der Waals surface area contributed by atoms with Crippen LogP contribution < -0.4 is 5.32 Å². The highest BCUT2D eigenvalue weighted by atomic mass is 16.2. The minimum absolute atomic E-state index is 0.0361. The number of likely N-dealkylation sites (tertiary alicyclic amines) is 1. The SMILES string of the molecule is CN1CCC(C2NC(=O)CN(C)C2=O)CC1. The standard InChI is InChI=1S/C11H19N3O2/c1-13-5-3-8(4-6-13)10-11(16)14(2)7-9(15)12-10/h8,10H,3-7H2,1-2H3,(H,12,15). The summed E-state index contributed by atoms with van der Waals surface area (Å²) in [5.41, 5.74) is 0. The lowest BCUT2D eigenvalue weighted by Gasteiger charge is -2.38. The average Bonchev–Trinajstić information content (AvgIpc) is 2.25. The van der Waals surface area contributed by atoms with Gasteiger partial charge in [0.1, 0.15) is 6.04 Å². The zero-order valence-electron chi connectivity index (χ0n) is 9.90. The van der Waals surface area contributed by atoms with E-state index in [4.69, 9.17) is 0 Å².